The molecule has 1 aromatic heterocycles. The third kappa shape index (κ3) is 4.83. The zero-order valence-corrected chi connectivity index (χ0v) is 11.8. The molecule has 0 radical (unpaired) electrons. The fourth-order valence-electron chi connectivity index (χ4n) is 1.27. The van der Waals surface area contributed by atoms with Gasteiger partial charge in [0.25, 0.3) is 0 Å². The molecule has 0 saturated heterocycles. The maximum Gasteiger partial charge on any atom is 0.305 e. The van der Waals surface area contributed by atoms with Gasteiger partial charge in [0.2, 0.25) is 0 Å². The van der Waals surface area contributed by atoms with Gasteiger partial charge in [0.15, 0.2) is 5.78 Å². The highest BCUT2D eigenvalue weighted by Gasteiger charge is 2.09. The fourth-order valence-corrected chi connectivity index (χ4v) is 2.61. The second kappa shape index (κ2) is 7.40. The Morgan fingerprint density at radius 2 is 2.18 bits per heavy atom. The number of halogens is 1. The van der Waals surface area contributed by atoms with Crippen LogP contribution in [0, 0.1) is 0 Å². The lowest BCUT2D eigenvalue weighted by molar-refractivity contribution is -0.140. The topological polar surface area (TPSA) is 43.4 Å². The first-order chi connectivity index (χ1) is 8.17. The number of ketones is 1. The highest BCUT2D eigenvalue weighted by Crippen LogP contribution is 2.20. The van der Waals surface area contributed by atoms with E-state index in [-0.39, 0.29) is 11.8 Å². The van der Waals surface area contributed by atoms with Gasteiger partial charge in [-0.15, -0.1) is 11.3 Å². The van der Waals surface area contributed by atoms with Gasteiger partial charge in [0.05, 0.1) is 12.0 Å². The summed E-state index contributed by atoms with van der Waals surface area (Å²) in [5, 5.41) is 0. The van der Waals surface area contributed by atoms with Crippen LogP contribution >= 0.6 is 27.3 Å². The summed E-state index contributed by atoms with van der Waals surface area (Å²) in [5.74, 6) is -0.194. The van der Waals surface area contributed by atoms with E-state index in [2.05, 4.69) is 20.7 Å². The molecule has 0 spiro atoms. The first-order valence-corrected chi connectivity index (χ1v) is 6.87. The smallest absolute Gasteiger partial charge is 0.305 e. The van der Waals surface area contributed by atoms with Crippen molar-refractivity contribution in [3.63, 3.8) is 0 Å². The quantitative estimate of drug-likeness (QED) is 0.594. The van der Waals surface area contributed by atoms with E-state index in [1.54, 1.807) is 4.99 Å². The lowest BCUT2D eigenvalue weighted by atomic mass is 10.1. The molecule has 1 heterocycles. The zero-order chi connectivity index (χ0) is 12.7. The number of carbonyl (C=O) groups excluding carboxylic acids is 2. The minimum atomic E-state index is -0.271. The van der Waals surface area contributed by atoms with Crippen molar-refractivity contribution >= 4 is 45.1 Å². The minimum Gasteiger partial charge on any atom is -0.469 e. The van der Waals surface area contributed by atoms with Crippen molar-refractivity contribution in [2.24, 2.45) is 0 Å². The summed E-state index contributed by atoms with van der Waals surface area (Å²) in [4.78, 5) is 26.1. The van der Waals surface area contributed by atoms with Crippen molar-refractivity contribution in [1.29, 1.82) is 0 Å². The number of Topliss-reactive ketones (excluding diaryl/α,β-unsaturated/α-hetero) is 1. The number of ether oxygens (including phenoxy) is 1. The Morgan fingerprint density at radius 3 is 2.82 bits per heavy atom. The van der Waals surface area contributed by atoms with Crippen molar-refractivity contribution in [1.82, 2.24) is 0 Å². The first-order valence-electron chi connectivity index (χ1n) is 5.14. The van der Waals surface area contributed by atoms with Crippen LogP contribution in [0.2, 0.25) is 0 Å². The van der Waals surface area contributed by atoms with Gasteiger partial charge in [0, 0.05) is 17.7 Å². The largest absolute Gasteiger partial charge is 0.469 e. The molecule has 0 bridgehead atoms. The summed E-state index contributed by atoms with van der Waals surface area (Å²) in [6, 6.07) is 3.71. The Bertz CT molecular complexity index is 423. The number of methoxy groups -OCH3 is 1. The second-order valence-electron chi connectivity index (χ2n) is 3.35. The molecule has 92 valence electrons. The molecule has 0 aliphatic heterocycles. The van der Waals surface area contributed by atoms with E-state index in [0.29, 0.717) is 19.3 Å². The van der Waals surface area contributed by atoms with E-state index >= 15 is 0 Å². The molecule has 0 atom stereocenters. The number of esters is 1. The van der Waals surface area contributed by atoms with Gasteiger partial charge in [-0.3, -0.25) is 9.59 Å². The van der Waals surface area contributed by atoms with Gasteiger partial charge >= 0.3 is 5.97 Å². The Labute approximate surface area is 113 Å². The van der Waals surface area contributed by atoms with Crippen molar-refractivity contribution in [3.05, 3.63) is 26.9 Å². The lowest BCUT2D eigenvalue weighted by Crippen LogP contribution is -2.02. The predicted molar refractivity (Wildman–Crippen MR) is 72.5 cm³/mol. The zero-order valence-electron chi connectivity index (χ0n) is 9.44. The highest BCUT2D eigenvalue weighted by molar-refractivity contribution is 9.11. The monoisotopic (exact) mass is 316 g/mol. The molecule has 0 saturated carbocycles. The minimum absolute atomic E-state index is 0.0770. The van der Waals surface area contributed by atoms with E-state index in [4.69, 9.17) is 0 Å². The number of carbonyl (C=O) groups is 2. The van der Waals surface area contributed by atoms with E-state index < -0.39 is 0 Å². The summed E-state index contributed by atoms with van der Waals surface area (Å²) in [6.07, 6.45) is 3.10. The molecule has 0 aliphatic carbocycles. The summed E-state index contributed by atoms with van der Waals surface area (Å²) in [5.41, 5.74) is 0. The van der Waals surface area contributed by atoms with Crippen LogP contribution < -0.4 is 0 Å². The molecule has 0 N–H and O–H groups in total. The molecule has 17 heavy (non-hydrogen) atoms. The molecular formula is C12H13BrO3S. The summed E-state index contributed by atoms with van der Waals surface area (Å²) in [6.45, 7) is 0. The Morgan fingerprint density at radius 1 is 1.41 bits per heavy atom. The molecule has 1 rings (SSSR count). The predicted octanol–water partition coefficient (Wildman–Crippen LogP) is 3.64. The normalized spacial score (nSPS) is 10.7. The molecule has 0 fully saturated rings. The van der Waals surface area contributed by atoms with Gasteiger partial charge in [-0.2, -0.15) is 0 Å². The Hall–Kier alpha value is -0.940. The maximum atomic E-state index is 11.8. The number of thiophene rings is 1. The van der Waals surface area contributed by atoms with E-state index in [9.17, 15) is 9.59 Å². The van der Waals surface area contributed by atoms with Gasteiger partial charge in [-0.25, -0.2) is 0 Å². The third-order valence-electron chi connectivity index (χ3n) is 2.14. The molecule has 3 nitrogen and oxygen atoms in total. The highest BCUT2D eigenvalue weighted by atomic mass is 79.9. The maximum absolute atomic E-state index is 11.8. The molecule has 5 heteroatoms. The summed E-state index contributed by atoms with van der Waals surface area (Å²) < 4.78 is 4.51. The SMILES string of the molecule is COC(=O)CCCC(=O)c1ccc(C=CBr)s1. The molecule has 1 aromatic rings. The van der Waals surface area contributed by atoms with Gasteiger partial charge in [-0.1, -0.05) is 15.9 Å². The van der Waals surface area contributed by atoms with E-state index in [1.807, 2.05) is 18.2 Å². The van der Waals surface area contributed by atoms with Gasteiger partial charge < -0.3 is 4.74 Å². The molecule has 0 unspecified atom stereocenters. The van der Waals surface area contributed by atoms with Crippen LogP contribution in [0.5, 0.6) is 0 Å². The lowest BCUT2D eigenvalue weighted by Gasteiger charge is -1.98. The molecule has 0 amide bonds. The van der Waals surface area contributed by atoms with E-state index in [0.717, 1.165) is 9.75 Å². The Balaban J connectivity index is 2.44. The molecule has 0 aliphatic rings. The summed E-state index contributed by atoms with van der Waals surface area (Å²) in [7, 11) is 1.35. The number of hydrogen-bond acceptors (Lipinski definition) is 4. The van der Waals surface area contributed by atoms with Crippen molar-refractivity contribution in [2.75, 3.05) is 7.11 Å². The Kier molecular flexibility index (Phi) is 6.15. The average Bonchev–Trinajstić information content (AvgIpc) is 2.78. The van der Waals surface area contributed by atoms with Crippen molar-refractivity contribution in [3.8, 4) is 0 Å². The molecular weight excluding hydrogens is 304 g/mol. The summed E-state index contributed by atoms with van der Waals surface area (Å²) >= 11 is 4.64. The number of hydrogen-bond donors (Lipinski definition) is 0. The van der Waals surface area contributed by atoms with E-state index in [1.165, 1.54) is 18.4 Å². The standard InChI is InChI=1S/C12H13BrO3S/c1-16-12(15)4-2-3-10(14)11-6-5-9(17-11)7-8-13/h5-8H,2-4H2,1H3. The average molecular weight is 317 g/mol. The van der Waals surface area contributed by atoms with Gasteiger partial charge in [0.1, 0.15) is 0 Å². The van der Waals surface area contributed by atoms with Gasteiger partial charge in [-0.05, 0) is 29.6 Å². The van der Waals surface area contributed by atoms with Crippen LogP contribution in [-0.2, 0) is 9.53 Å². The van der Waals surface area contributed by atoms with Crippen molar-refractivity contribution in [2.45, 2.75) is 19.3 Å². The fraction of sp³-hybridized carbons (Fsp3) is 0.333. The second-order valence-corrected chi connectivity index (χ2v) is 4.99. The third-order valence-corrected chi connectivity index (χ3v) is 3.50. The van der Waals surface area contributed by atoms with Crippen LogP contribution in [0.1, 0.15) is 33.8 Å². The van der Waals surface area contributed by atoms with Crippen LogP contribution in [0.3, 0.4) is 0 Å². The van der Waals surface area contributed by atoms with Crippen molar-refractivity contribution < 1.29 is 14.3 Å². The van der Waals surface area contributed by atoms with Crippen LogP contribution in [0.15, 0.2) is 17.1 Å². The number of rotatable bonds is 6. The van der Waals surface area contributed by atoms with Crippen LogP contribution in [0.25, 0.3) is 6.08 Å². The first kappa shape index (κ1) is 14.1. The van der Waals surface area contributed by atoms with Crippen LogP contribution in [0.4, 0.5) is 0 Å². The van der Waals surface area contributed by atoms with Crippen LogP contribution in [-0.4, -0.2) is 18.9 Å². The molecule has 0 aromatic carbocycles.